The van der Waals surface area contributed by atoms with Gasteiger partial charge in [0.1, 0.15) is 17.1 Å². The van der Waals surface area contributed by atoms with Gasteiger partial charge in [0.05, 0.1) is 12.2 Å². The van der Waals surface area contributed by atoms with Crippen molar-refractivity contribution < 1.29 is 23.8 Å². The Balaban J connectivity index is 1.77. The van der Waals surface area contributed by atoms with Crippen LogP contribution in [0.4, 0.5) is 0 Å². The lowest BCUT2D eigenvalue weighted by Gasteiger charge is -2.43. The number of unbranched alkanes of at least 4 members (excludes halogenated alkanes) is 1. The third kappa shape index (κ3) is 6.74. The quantitative estimate of drug-likeness (QED) is 0.173. The van der Waals surface area contributed by atoms with E-state index in [0.29, 0.717) is 17.9 Å². The largest absolute Gasteiger partial charge is 0.487 e. The Labute approximate surface area is 209 Å². The molecule has 0 radical (unpaired) electrons. The van der Waals surface area contributed by atoms with Crippen LogP contribution in [0.3, 0.4) is 0 Å². The van der Waals surface area contributed by atoms with E-state index in [4.69, 9.17) is 14.2 Å². The summed E-state index contributed by atoms with van der Waals surface area (Å²) in [6, 6.07) is 10.8. The van der Waals surface area contributed by atoms with Crippen molar-refractivity contribution in [1.29, 1.82) is 0 Å². The number of benzene rings is 2. The van der Waals surface area contributed by atoms with Gasteiger partial charge in [-0.2, -0.15) is 0 Å². The Morgan fingerprint density at radius 3 is 2.40 bits per heavy atom. The summed E-state index contributed by atoms with van der Waals surface area (Å²) in [6.07, 6.45) is 5.77. The first kappa shape index (κ1) is 26.5. The van der Waals surface area contributed by atoms with E-state index in [9.17, 15) is 9.59 Å². The van der Waals surface area contributed by atoms with Gasteiger partial charge in [0.25, 0.3) is 0 Å². The molecule has 188 valence electrons. The van der Waals surface area contributed by atoms with E-state index < -0.39 is 5.97 Å². The molecule has 35 heavy (non-hydrogen) atoms. The fourth-order valence-corrected chi connectivity index (χ4v) is 4.63. The Kier molecular flexibility index (Phi) is 8.09. The molecule has 0 spiro atoms. The molecule has 1 heterocycles. The first-order valence-corrected chi connectivity index (χ1v) is 12.5. The summed E-state index contributed by atoms with van der Waals surface area (Å²) in [5.41, 5.74) is 2.98. The lowest BCUT2D eigenvalue weighted by atomic mass is 9.72. The summed E-state index contributed by atoms with van der Waals surface area (Å²) in [6.45, 7) is 15.3. The van der Waals surface area contributed by atoms with Crippen LogP contribution in [0.5, 0.6) is 11.5 Å². The second-order valence-corrected chi connectivity index (χ2v) is 10.8. The molecule has 0 amide bonds. The van der Waals surface area contributed by atoms with Crippen molar-refractivity contribution in [3.63, 3.8) is 0 Å². The van der Waals surface area contributed by atoms with E-state index in [-0.39, 0.29) is 22.9 Å². The highest BCUT2D eigenvalue weighted by Crippen LogP contribution is 2.48. The highest BCUT2D eigenvalue weighted by atomic mass is 16.5. The molecule has 0 unspecified atom stereocenters. The number of hydrogen-bond donors (Lipinski definition) is 0. The van der Waals surface area contributed by atoms with Crippen molar-refractivity contribution >= 4 is 18.0 Å². The van der Waals surface area contributed by atoms with Crippen LogP contribution in [0, 0.1) is 0 Å². The first-order chi connectivity index (χ1) is 16.4. The van der Waals surface area contributed by atoms with Gasteiger partial charge in [-0.05, 0) is 79.5 Å². The van der Waals surface area contributed by atoms with Crippen LogP contribution in [0.2, 0.25) is 0 Å². The molecule has 0 saturated heterocycles. The van der Waals surface area contributed by atoms with Crippen molar-refractivity contribution in [2.75, 3.05) is 6.61 Å². The standard InChI is InChI=1S/C30H38O5/c1-8-9-16-33-26(31)15-12-21-10-13-23(14-11-21)34-28(32)22-17-24(20(2)3)27-25(18-22)29(4,5)19-30(6,7)35-27/h10-15,17-18,20H,8-9,16,19H2,1-7H3/b15-12+. The zero-order valence-electron chi connectivity index (χ0n) is 22.1. The first-order valence-electron chi connectivity index (χ1n) is 12.5. The molecule has 0 bridgehead atoms. The average Bonchev–Trinajstić information content (AvgIpc) is 2.77. The smallest absolute Gasteiger partial charge is 0.343 e. The lowest BCUT2D eigenvalue weighted by Crippen LogP contribution is -2.42. The molecule has 0 saturated carbocycles. The van der Waals surface area contributed by atoms with Crippen LogP contribution in [0.15, 0.2) is 42.5 Å². The normalized spacial score (nSPS) is 16.0. The SMILES string of the molecule is CCCCOC(=O)/C=C/c1ccc(OC(=O)c2cc(C(C)C)c3c(c2)C(C)(C)CC(C)(C)O3)cc1. The van der Waals surface area contributed by atoms with Crippen molar-refractivity contribution in [2.45, 2.75) is 84.7 Å². The van der Waals surface area contributed by atoms with E-state index in [1.807, 2.05) is 19.1 Å². The number of rotatable bonds is 8. The van der Waals surface area contributed by atoms with E-state index in [1.165, 1.54) is 6.08 Å². The zero-order valence-corrected chi connectivity index (χ0v) is 22.1. The molecule has 2 aromatic carbocycles. The molecule has 0 aromatic heterocycles. The molecule has 0 aliphatic carbocycles. The van der Waals surface area contributed by atoms with Gasteiger partial charge >= 0.3 is 11.9 Å². The van der Waals surface area contributed by atoms with E-state index >= 15 is 0 Å². The number of carbonyl (C=O) groups is 2. The molecule has 0 N–H and O–H groups in total. The van der Waals surface area contributed by atoms with Gasteiger partial charge in [-0.25, -0.2) is 9.59 Å². The number of esters is 2. The molecular weight excluding hydrogens is 440 g/mol. The Morgan fingerprint density at radius 1 is 1.09 bits per heavy atom. The molecule has 5 heteroatoms. The fourth-order valence-electron chi connectivity index (χ4n) is 4.63. The minimum absolute atomic E-state index is 0.136. The number of fused-ring (bicyclic) bond motifs is 1. The molecule has 1 aliphatic rings. The van der Waals surface area contributed by atoms with Crippen LogP contribution in [-0.2, 0) is 14.9 Å². The lowest BCUT2D eigenvalue weighted by molar-refractivity contribution is -0.137. The second-order valence-electron chi connectivity index (χ2n) is 10.8. The zero-order chi connectivity index (χ0) is 25.8. The van der Waals surface area contributed by atoms with Crippen molar-refractivity contribution in [3.8, 4) is 11.5 Å². The van der Waals surface area contributed by atoms with E-state index in [2.05, 4.69) is 41.5 Å². The van der Waals surface area contributed by atoms with E-state index in [1.54, 1.807) is 30.3 Å². The van der Waals surface area contributed by atoms with Crippen LogP contribution in [0.1, 0.15) is 101 Å². The summed E-state index contributed by atoms with van der Waals surface area (Å²) in [4.78, 5) is 24.8. The summed E-state index contributed by atoms with van der Waals surface area (Å²) < 4.78 is 17.2. The number of carbonyl (C=O) groups excluding carboxylic acids is 2. The molecule has 0 atom stereocenters. The van der Waals surface area contributed by atoms with Gasteiger partial charge in [-0.1, -0.05) is 53.2 Å². The highest BCUT2D eigenvalue weighted by Gasteiger charge is 2.41. The molecular formula is C30H38O5. The van der Waals surface area contributed by atoms with Gasteiger partial charge in [-0.3, -0.25) is 0 Å². The summed E-state index contributed by atoms with van der Waals surface area (Å²) in [5, 5.41) is 0. The van der Waals surface area contributed by atoms with E-state index in [0.717, 1.165) is 41.7 Å². The van der Waals surface area contributed by atoms with Gasteiger partial charge in [-0.15, -0.1) is 0 Å². The number of ether oxygens (including phenoxy) is 3. The average molecular weight is 479 g/mol. The van der Waals surface area contributed by atoms with Crippen molar-refractivity contribution in [3.05, 3.63) is 64.7 Å². The fraction of sp³-hybridized carbons (Fsp3) is 0.467. The third-order valence-corrected chi connectivity index (χ3v) is 6.20. The van der Waals surface area contributed by atoms with Gasteiger partial charge in [0.15, 0.2) is 0 Å². The van der Waals surface area contributed by atoms with Gasteiger partial charge in [0, 0.05) is 11.6 Å². The van der Waals surface area contributed by atoms with Crippen LogP contribution < -0.4 is 9.47 Å². The summed E-state index contributed by atoms with van der Waals surface area (Å²) >= 11 is 0. The van der Waals surface area contributed by atoms with Crippen molar-refractivity contribution in [2.24, 2.45) is 0 Å². The predicted octanol–water partition coefficient (Wildman–Crippen LogP) is 7.22. The van der Waals surface area contributed by atoms with Crippen LogP contribution in [-0.4, -0.2) is 24.1 Å². The number of hydrogen-bond acceptors (Lipinski definition) is 5. The maximum atomic E-state index is 13.1. The maximum absolute atomic E-state index is 13.1. The Bertz CT molecular complexity index is 1090. The third-order valence-electron chi connectivity index (χ3n) is 6.20. The summed E-state index contributed by atoms with van der Waals surface area (Å²) in [7, 11) is 0. The molecule has 1 aliphatic heterocycles. The molecule has 3 rings (SSSR count). The van der Waals surface area contributed by atoms with Crippen LogP contribution >= 0.6 is 0 Å². The predicted molar refractivity (Wildman–Crippen MR) is 139 cm³/mol. The highest BCUT2D eigenvalue weighted by molar-refractivity contribution is 5.92. The second kappa shape index (κ2) is 10.7. The summed E-state index contributed by atoms with van der Waals surface area (Å²) in [5.74, 6) is 0.761. The van der Waals surface area contributed by atoms with Crippen molar-refractivity contribution in [1.82, 2.24) is 0 Å². The van der Waals surface area contributed by atoms with Crippen LogP contribution in [0.25, 0.3) is 6.08 Å². The topological polar surface area (TPSA) is 61.8 Å². The molecule has 0 fully saturated rings. The van der Waals surface area contributed by atoms with Gasteiger partial charge < -0.3 is 14.2 Å². The van der Waals surface area contributed by atoms with Gasteiger partial charge in [0.2, 0.25) is 0 Å². The monoisotopic (exact) mass is 478 g/mol. The minimum Gasteiger partial charge on any atom is -0.487 e. The Hall–Kier alpha value is -3.08. The minimum atomic E-state index is -0.405. The maximum Gasteiger partial charge on any atom is 0.343 e. The molecule has 5 nitrogen and oxygen atoms in total. The molecule has 2 aromatic rings. The Morgan fingerprint density at radius 2 is 1.77 bits per heavy atom.